The predicted octanol–water partition coefficient (Wildman–Crippen LogP) is 0.862. The van der Waals surface area contributed by atoms with Crippen molar-refractivity contribution in [3.8, 4) is 5.88 Å². The Hall–Kier alpha value is -3.73. The molecule has 1 aromatic carbocycles. The molecule has 12 heteroatoms. The Morgan fingerprint density at radius 1 is 1.35 bits per heavy atom. The molecular weight excluding hydrogens is 427 g/mol. The molecule has 3 heterocycles. The number of anilines is 1. The van der Waals surface area contributed by atoms with Crippen LogP contribution in [0.15, 0.2) is 34.2 Å². The van der Waals surface area contributed by atoms with Crippen LogP contribution in [0.3, 0.4) is 0 Å². The first-order valence-corrected chi connectivity index (χ1v) is 9.85. The van der Waals surface area contributed by atoms with Crippen molar-refractivity contribution in [3.63, 3.8) is 0 Å². The zero-order valence-electron chi connectivity index (χ0n) is 15.9. The van der Waals surface area contributed by atoms with Gasteiger partial charge in [0, 0.05) is 17.3 Å². The summed E-state index contributed by atoms with van der Waals surface area (Å²) in [4.78, 5) is 29.6. The van der Waals surface area contributed by atoms with E-state index < -0.39 is 11.5 Å². The van der Waals surface area contributed by atoms with Crippen molar-refractivity contribution < 1.29 is 9.50 Å². The largest absolute Gasteiger partial charge is 0.493 e. The third kappa shape index (κ3) is 3.87. The highest BCUT2D eigenvalue weighted by molar-refractivity contribution is 6.30. The maximum Gasteiger partial charge on any atom is 0.326 e. The first-order valence-electron chi connectivity index (χ1n) is 9.47. The minimum atomic E-state index is -0.537. The van der Waals surface area contributed by atoms with Crippen LogP contribution in [0.5, 0.6) is 5.88 Å². The standard InChI is InChI=1S/C19H16ClFN8O2/c20-12-3-1-2-9(14(12)21)7-22-17-26-15-10(6-13-16(30)27-19(31)25-13)8-23-29(15)18(28-17)24-11-4-5-11/h1-3,6,8,11,30H,4-5,7H2,(H,22,24,28)(H2,25,27,31)/b10-6+. The van der Waals surface area contributed by atoms with E-state index in [2.05, 4.69) is 35.3 Å². The van der Waals surface area contributed by atoms with Gasteiger partial charge in [-0.05, 0) is 25.0 Å². The van der Waals surface area contributed by atoms with Crippen molar-refractivity contribution in [1.29, 1.82) is 0 Å². The minimum absolute atomic E-state index is 0.0353. The molecule has 0 radical (unpaired) electrons. The Balaban J connectivity index is 1.59. The van der Waals surface area contributed by atoms with Crippen molar-refractivity contribution >= 4 is 29.3 Å². The van der Waals surface area contributed by atoms with Crippen LogP contribution in [0.25, 0.3) is 11.7 Å². The molecule has 3 aromatic heterocycles. The van der Waals surface area contributed by atoms with Gasteiger partial charge in [-0.3, -0.25) is 4.98 Å². The molecule has 4 aromatic rings. The summed E-state index contributed by atoms with van der Waals surface area (Å²) in [5.41, 5.74) is 0.782. The van der Waals surface area contributed by atoms with Gasteiger partial charge < -0.3 is 15.4 Å². The number of rotatable bonds is 5. The van der Waals surface area contributed by atoms with Gasteiger partial charge in [-0.2, -0.15) is 19.6 Å². The van der Waals surface area contributed by atoms with Gasteiger partial charge in [0.05, 0.1) is 17.3 Å². The fraction of sp³-hybridized carbons (Fsp3) is 0.211. The molecule has 10 nitrogen and oxygen atoms in total. The van der Waals surface area contributed by atoms with Gasteiger partial charge in [0.2, 0.25) is 11.8 Å². The Morgan fingerprint density at radius 3 is 2.94 bits per heavy atom. The van der Waals surface area contributed by atoms with Crippen LogP contribution in [-0.2, 0) is 6.54 Å². The van der Waals surface area contributed by atoms with E-state index in [1.165, 1.54) is 22.9 Å². The lowest BCUT2D eigenvalue weighted by atomic mass is 10.2. The lowest BCUT2D eigenvalue weighted by molar-refractivity contribution is 0.454. The zero-order valence-corrected chi connectivity index (χ0v) is 16.7. The van der Waals surface area contributed by atoms with Gasteiger partial charge in [0.25, 0.3) is 5.62 Å². The third-order valence-electron chi connectivity index (χ3n) is 4.73. The van der Waals surface area contributed by atoms with Crippen LogP contribution in [0.2, 0.25) is 5.02 Å². The summed E-state index contributed by atoms with van der Waals surface area (Å²) in [6, 6.07) is 4.93. The Morgan fingerprint density at radius 2 is 2.19 bits per heavy atom. The molecule has 31 heavy (non-hydrogen) atoms. The topological polar surface area (TPSA) is 136 Å². The smallest absolute Gasteiger partial charge is 0.326 e. The molecule has 1 saturated carbocycles. The molecule has 4 N–H and O–H groups in total. The molecule has 0 unspecified atom stereocenters. The van der Waals surface area contributed by atoms with Gasteiger partial charge in [0.15, 0.2) is 5.65 Å². The van der Waals surface area contributed by atoms with E-state index >= 15 is 0 Å². The van der Waals surface area contributed by atoms with E-state index in [1.54, 1.807) is 12.1 Å². The SMILES string of the molecule is O=c1[nH]c(O)c(/C=c2\cnn3c(=NC4CC4)nc(NCc4cccc(Cl)c4F)nc23)[nH]1. The Kier molecular flexibility index (Phi) is 4.66. The highest BCUT2D eigenvalue weighted by Gasteiger charge is 2.21. The lowest BCUT2D eigenvalue weighted by Crippen LogP contribution is -2.24. The zero-order chi connectivity index (χ0) is 21.5. The van der Waals surface area contributed by atoms with E-state index in [4.69, 9.17) is 11.6 Å². The fourth-order valence-electron chi connectivity index (χ4n) is 3.02. The van der Waals surface area contributed by atoms with Gasteiger partial charge >= 0.3 is 5.69 Å². The Bertz CT molecular complexity index is 1470. The third-order valence-corrected chi connectivity index (χ3v) is 5.02. The minimum Gasteiger partial charge on any atom is -0.493 e. The first kappa shape index (κ1) is 19.2. The molecule has 0 saturated heterocycles. The number of aromatic amines is 2. The second kappa shape index (κ2) is 7.51. The van der Waals surface area contributed by atoms with Crippen molar-refractivity contribution in [1.82, 2.24) is 29.5 Å². The van der Waals surface area contributed by atoms with Crippen molar-refractivity contribution in [3.05, 3.63) is 67.8 Å². The molecule has 1 aliphatic rings. The molecule has 0 bridgehead atoms. The average Bonchev–Trinajstić information content (AvgIpc) is 3.37. The van der Waals surface area contributed by atoms with Crippen LogP contribution in [0.4, 0.5) is 10.3 Å². The highest BCUT2D eigenvalue weighted by Crippen LogP contribution is 2.22. The monoisotopic (exact) mass is 442 g/mol. The molecule has 0 aliphatic heterocycles. The molecule has 1 aliphatic carbocycles. The van der Waals surface area contributed by atoms with Crippen molar-refractivity contribution in [2.75, 3.05) is 5.32 Å². The van der Waals surface area contributed by atoms with E-state index in [1.807, 2.05) is 0 Å². The molecular formula is C19H16ClFN8O2. The predicted molar refractivity (Wildman–Crippen MR) is 110 cm³/mol. The summed E-state index contributed by atoms with van der Waals surface area (Å²) < 4.78 is 15.7. The number of imidazole rings is 1. The van der Waals surface area contributed by atoms with Gasteiger partial charge in [-0.15, -0.1) is 0 Å². The van der Waals surface area contributed by atoms with Crippen LogP contribution < -0.4 is 21.8 Å². The molecule has 5 rings (SSSR count). The second-order valence-corrected chi connectivity index (χ2v) is 7.50. The van der Waals surface area contributed by atoms with Crippen LogP contribution in [0, 0.1) is 5.82 Å². The maximum atomic E-state index is 14.2. The van der Waals surface area contributed by atoms with E-state index in [9.17, 15) is 14.3 Å². The molecule has 158 valence electrons. The normalized spacial score (nSPS) is 15.2. The number of hydrogen-bond donors (Lipinski definition) is 4. The van der Waals surface area contributed by atoms with Gasteiger partial charge in [0.1, 0.15) is 11.5 Å². The van der Waals surface area contributed by atoms with E-state index in [0.717, 1.165) is 12.8 Å². The van der Waals surface area contributed by atoms with Crippen LogP contribution in [0.1, 0.15) is 24.1 Å². The molecule has 0 amide bonds. The van der Waals surface area contributed by atoms with Crippen molar-refractivity contribution in [2.24, 2.45) is 4.99 Å². The second-order valence-electron chi connectivity index (χ2n) is 7.10. The summed E-state index contributed by atoms with van der Waals surface area (Å²) in [5, 5.41) is 17.7. The van der Waals surface area contributed by atoms with E-state index in [-0.39, 0.29) is 35.1 Å². The number of fused-ring (bicyclic) bond motifs is 1. The Labute approximate surface area is 178 Å². The first-order chi connectivity index (χ1) is 15.0. The summed E-state index contributed by atoms with van der Waals surface area (Å²) in [7, 11) is 0. The summed E-state index contributed by atoms with van der Waals surface area (Å²) >= 11 is 5.85. The summed E-state index contributed by atoms with van der Waals surface area (Å²) in [5.74, 6) is -0.574. The molecule has 0 spiro atoms. The number of nitrogens with zero attached hydrogens (tertiary/aromatic N) is 5. The fourth-order valence-corrected chi connectivity index (χ4v) is 3.21. The molecule has 1 fully saturated rings. The number of aromatic nitrogens is 6. The summed E-state index contributed by atoms with van der Waals surface area (Å²) in [6.07, 6.45) is 5.01. The van der Waals surface area contributed by atoms with E-state index in [0.29, 0.717) is 22.0 Å². The lowest BCUT2D eigenvalue weighted by Gasteiger charge is -2.07. The number of halogens is 2. The maximum absolute atomic E-state index is 14.2. The summed E-state index contributed by atoms with van der Waals surface area (Å²) in [6.45, 7) is 0.116. The van der Waals surface area contributed by atoms with Crippen molar-refractivity contribution in [2.45, 2.75) is 25.4 Å². The highest BCUT2D eigenvalue weighted by atomic mass is 35.5. The van der Waals surface area contributed by atoms with Crippen LogP contribution >= 0.6 is 11.6 Å². The number of nitrogens with one attached hydrogen (secondary N) is 3. The van der Waals surface area contributed by atoms with Gasteiger partial charge in [-0.1, -0.05) is 23.7 Å². The van der Waals surface area contributed by atoms with Crippen LogP contribution in [-0.4, -0.2) is 40.7 Å². The number of hydrogen-bond acceptors (Lipinski definition) is 7. The van der Waals surface area contributed by atoms with Gasteiger partial charge in [-0.25, -0.2) is 14.2 Å². The average molecular weight is 443 g/mol. The molecule has 0 atom stereocenters. The number of benzene rings is 1. The quantitative estimate of drug-likeness (QED) is 0.362. The number of H-pyrrole nitrogens is 2. The number of aromatic hydroxyl groups is 1.